The van der Waals surface area contributed by atoms with Crippen molar-refractivity contribution in [3.05, 3.63) is 72.1 Å². The van der Waals surface area contributed by atoms with Gasteiger partial charge in [0.05, 0.1) is 0 Å². The van der Waals surface area contributed by atoms with Gasteiger partial charge in [-0.1, -0.05) is 49.2 Å². The Kier molecular flexibility index (Phi) is 3.99. The Balaban J connectivity index is 1.76. The first-order valence-electron chi connectivity index (χ1n) is 8.57. The zero-order valence-corrected chi connectivity index (χ0v) is 13.5. The number of benzene rings is 2. The van der Waals surface area contributed by atoms with E-state index in [4.69, 9.17) is 0 Å². The highest BCUT2D eigenvalue weighted by atomic mass is 16.1. The third kappa shape index (κ3) is 2.78. The number of anilines is 1. The van der Waals surface area contributed by atoms with Crippen LogP contribution in [0.4, 0.5) is 5.69 Å². The number of pyridine rings is 1. The van der Waals surface area contributed by atoms with Crippen LogP contribution in [0.5, 0.6) is 0 Å². The number of hydrogen-bond donors (Lipinski definition) is 1. The highest BCUT2D eigenvalue weighted by molar-refractivity contribution is 6.09. The molecule has 0 aliphatic heterocycles. The molecule has 0 radical (unpaired) electrons. The van der Waals surface area contributed by atoms with Gasteiger partial charge in [-0.2, -0.15) is 0 Å². The Bertz CT molecular complexity index is 862. The maximum atomic E-state index is 12.5. The lowest BCUT2D eigenvalue weighted by atomic mass is 9.91. The van der Waals surface area contributed by atoms with Crippen LogP contribution in [-0.4, -0.2) is 10.9 Å². The van der Waals surface area contributed by atoms with Crippen LogP contribution in [0, 0.1) is 0 Å². The topological polar surface area (TPSA) is 42.0 Å². The Morgan fingerprint density at radius 3 is 2.50 bits per heavy atom. The van der Waals surface area contributed by atoms with Gasteiger partial charge in [0.15, 0.2) is 0 Å². The van der Waals surface area contributed by atoms with E-state index in [1.807, 2.05) is 24.3 Å². The second-order valence-corrected chi connectivity index (χ2v) is 6.40. The van der Waals surface area contributed by atoms with Crippen LogP contribution in [0.2, 0.25) is 0 Å². The molecular formula is C21H20N2O. The van der Waals surface area contributed by atoms with E-state index in [2.05, 4.69) is 34.6 Å². The first kappa shape index (κ1) is 14.9. The second kappa shape index (κ2) is 6.44. The minimum absolute atomic E-state index is 0.163. The molecular weight excluding hydrogens is 296 g/mol. The van der Waals surface area contributed by atoms with Crippen molar-refractivity contribution in [1.82, 2.24) is 4.98 Å². The van der Waals surface area contributed by atoms with Crippen LogP contribution < -0.4 is 5.32 Å². The molecule has 1 aliphatic carbocycles. The number of carbonyl (C=O) groups is 1. The summed E-state index contributed by atoms with van der Waals surface area (Å²) in [6.45, 7) is 0. The summed E-state index contributed by atoms with van der Waals surface area (Å²) in [7, 11) is 0. The summed E-state index contributed by atoms with van der Waals surface area (Å²) in [5.41, 5.74) is 2.68. The highest BCUT2D eigenvalue weighted by Crippen LogP contribution is 2.40. The third-order valence-electron chi connectivity index (χ3n) is 4.88. The zero-order valence-electron chi connectivity index (χ0n) is 13.5. The van der Waals surface area contributed by atoms with E-state index in [1.54, 1.807) is 12.3 Å². The summed E-state index contributed by atoms with van der Waals surface area (Å²) in [5, 5.41) is 5.42. The minimum Gasteiger partial charge on any atom is -0.320 e. The molecule has 3 nitrogen and oxygen atoms in total. The monoisotopic (exact) mass is 316 g/mol. The fourth-order valence-electron chi connectivity index (χ4n) is 3.73. The summed E-state index contributed by atoms with van der Waals surface area (Å²) >= 11 is 0. The van der Waals surface area contributed by atoms with E-state index < -0.39 is 0 Å². The van der Waals surface area contributed by atoms with Crippen molar-refractivity contribution in [3.63, 3.8) is 0 Å². The molecule has 0 spiro atoms. The van der Waals surface area contributed by atoms with Crippen molar-refractivity contribution in [1.29, 1.82) is 0 Å². The van der Waals surface area contributed by atoms with Gasteiger partial charge in [-0.3, -0.25) is 9.78 Å². The van der Waals surface area contributed by atoms with Crippen LogP contribution in [-0.2, 0) is 0 Å². The van der Waals surface area contributed by atoms with Crippen LogP contribution in [0.3, 0.4) is 0 Å². The van der Waals surface area contributed by atoms with E-state index in [9.17, 15) is 4.79 Å². The smallest absolute Gasteiger partial charge is 0.274 e. The predicted molar refractivity (Wildman–Crippen MR) is 97.3 cm³/mol. The molecule has 1 aliphatic rings. The number of carbonyl (C=O) groups excluding carboxylic acids is 1. The Morgan fingerprint density at radius 2 is 1.75 bits per heavy atom. The second-order valence-electron chi connectivity index (χ2n) is 6.40. The summed E-state index contributed by atoms with van der Waals surface area (Å²) in [6, 6.07) is 17.9. The lowest BCUT2D eigenvalue weighted by Gasteiger charge is -2.16. The summed E-state index contributed by atoms with van der Waals surface area (Å²) in [4.78, 5) is 16.7. The molecule has 4 rings (SSSR count). The number of nitrogens with one attached hydrogen (secondary N) is 1. The predicted octanol–water partition coefficient (Wildman–Crippen LogP) is 5.14. The first-order chi connectivity index (χ1) is 11.8. The van der Waals surface area contributed by atoms with Gasteiger partial charge in [0.2, 0.25) is 0 Å². The van der Waals surface area contributed by atoms with E-state index in [0.29, 0.717) is 11.6 Å². The van der Waals surface area contributed by atoms with Gasteiger partial charge in [-0.15, -0.1) is 0 Å². The molecule has 120 valence electrons. The fraction of sp³-hybridized carbons (Fsp3) is 0.238. The lowest BCUT2D eigenvalue weighted by molar-refractivity contribution is 0.102. The molecule has 1 saturated carbocycles. The van der Waals surface area contributed by atoms with Crippen molar-refractivity contribution >= 4 is 22.4 Å². The van der Waals surface area contributed by atoms with Gasteiger partial charge in [-0.05, 0) is 47.9 Å². The molecule has 0 atom stereocenters. The van der Waals surface area contributed by atoms with Crippen molar-refractivity contribution in [2.75, 3.05) is 5.32 Å². The quantitative estimate of drug-likeness (QED) is 0.726. The van der Waals surface area contributed by atoms with Gasteiger partial charge in [0.25, 0.3) is 5.91 Å². The van der Waals surface area contributed by atoms with Crippen LogP contribution in [0.25, 0.3) is 10.8 Å². The molecule has 0 saturated heterocycles. The number of aromatic nitrogens is 1. The largest absolute Gasteiger partial charge is 0.320 e. The summed E-state index contributed by atoms with van der Waals surface area (Å²) in [5.74, 6) is 0.436. The van der Waals surface area contributed by atoms with Crippen LogP contribution in [0.15, 0.2) is 60.8 Å². The van der Waals surface area contributed by atoms with Crippen molar-refractivity contribution < 1.29 is 4.79 Å². The van der Waals surface area contributed by atoms with Gasteiger partial charge >= 0.3 is 0 Å². The van der Waals surface area contributed by atoms with Gasteiger partial charge < -0.3 is 5.32 Å². The van der Waals surface area contributed by atoms with Crippen molar-refractivity contribution in [3.8, 4) is 0 Å². The molecule has 1 N–H and O–H groups in total. The van der Waals surface area contributed by atoms with Gasteiger partial charge in [0, 0.05) is 17.3 Å². The molecule has 2 aromatic carbocycles. The minimum atomic E-state index is -0.163. The van der Waals surface area contributed by atoms with E-state index in [0.717, 1.165) is 5.69 Å². The number of hydrogen-bond acceptors (Lipinski definition) is 2. The van der Waals surface area contributed by atoms with Crippen molar-refractivity contribution in [2.24, 2.45) is 0 Å². The highest BCUT2D eigenvalue weighted by Gasteiger charge is 2.20. The third-order valence-corrected chi connectivity index (χ3v) is 4.88. The maximum Gasteiger partial charge on any atom is 0.274 e. The van der Waals surface area contributed by atoms with Crippen LogP contribution in [0.1, 0.15) is 47.7 Å². The van der Waals surface area contributed by atoms with E-state index in [-0.39, 0.29) is 5.91 Å². The molecule has 3 heteroatoms. The molecule has 0 bridgehead atoms. The normalized spacial score (nSPS) is 14.8. The molecule has 24 heavy (non-hydrogen) atoms. The molecule has 3 aromatic rings. The number of fused-ring (bicyclic) bond motifs is 1. The van der Waals surface area contributed by atoms with Gasteiger partial charge in [-0.25, -0.2) is 0 Å². The average Bonchev–Trinajstić information content (AvgIpc) is 3.17. The van der Waals surface area contributed by atoms with Crippen molar-refractivity contribution in [2.45, 2.75) is 31.6 Å². The number of nitrogens with zero attached hydrogens (tertiary/aromatic N) is 1. The Labute approximate surface area is 141 Å². The lowest BCUT2D eigenvalue weighted by Crippen LogP contribution is -2.14. The fourth-order valence-corrected chi connectivity index (χ4v) is 3.73. The molecule has 1 amide bonds. The number of rotatable bonds is 3. The maximum absolute atomic E-state index is 12.5. The zero-order chi connectivity index (χ0) is 16.4. The molecule has 1 aromatic heterocycles. The Morgan fingerprint density at radius 1 is 0.958 bits per heavy atom. The average molecular weight is 316 g/mol. The number of amides is 1. The van der Waals surface area contributed by atoms with E-state index in [1.165, 1.54) is 42.0 Å². The molecule has 1 heterocycles. The first-order valence-corrected chi connectivity index (χ1v) is 8.57. The van der Waals surface area contributed by atoms with Gasteiger partial charge in [0.1, 0.15) is 5.69 Å². The van der Waals surface area contributed by atoms with Crippen LogP contribution >= 0.6 is 0 Å². The molecule has 1 fully saturated rings. The summed E-state index contributed by atoms with van der Waals surface area (Å²) in [6.07, 6.45) is 6.71. The molecule has 0 unspecified atom stereocenters. The standard InChI is InChI=1S/C21H20N2O/c24-21(19-12-3-4-14-22-19)23-18-13-6-10-16-9-5-11-17(20(16)18)15-7-1-2-8-15/h3-6,9-15H,1-2,7-8H2,(H,23,24). The summed E-state index contributed by atoms with van der Waals surface area (Å²) < 4.78 is 0. The Hall–Kier alpha value is -2.68. The SMILES string of the molecule is O=C(Nc1cccc2cccc(C3CCCC3)c12)c1ccccn1. The van der Waals surface area contributed by atoms with E-state index >= 15 is 0 Å².